The standard InChI is InChI=1S/C14H22N2O4S/c1-4-10-7-12(21(15,18)19)8-11(5-2)14(10)16-13(17)9-20-6-3/h7-8H,4-6,9H2,1-3H3,(H,16,17)(H2,15,18,19). The third-order valence-electron chi connectivity index (χ3n) is 3.07. The number of sulfonamides is 1. The molecule has 3 N–H and O–H groups in total. The largest absolute Gasteiger partial charge is 0.372 e. The van der Waals surface area contributed by atoms with Gasteiger partial charge in [-0.2, -0.15) is 0 Å². The van der Waals surface area contributed by atoms with Gasteiger partial charge in [0.1, 0.15) is 6.61 Å². The number of carbonyl (C=O) groups is 1. The monoisotopic (exact) mass is 314 g/mol. The summed E-state index contributed by atoms with van der Waals surface area (Å²) in [5.74, 6) is -0.260. The second-order valence-corrected chi connectivity index (χ2v) is 6.12. The van der Waals surface area contributed by atoms with Crippen LogP contribution in [-0.4, -0.2) is 27.5 Å². The Balaban J connectivity index is 3.21. The molecule has 21 heavy (non-hydrogen) atoms. The van der Waals surface area contributed by atoms with E-state index in [4.69, 9.17) is 9.88 Å². The summed E-state index contributed by atoms with van der Waals surface area (Å²) in [5.41, 5.74) is 2.13. The fourth-order valence-electron chi connectivity index (χ4n) is 1.99. The molecule has 1 aromatic rings. The fraction of sp³-hybridized carbons (Fsp3) is 0.500. The summed E-state index contributed by atoms with van der Waals surface area (Å²) in [6.07, 6.45) is 1.17. The molecule has 7 heteroatoms. The lowest BCUT2D eigenvalue weighted by Crippen LogP contribution is -2.21. The van der Waals surface area contributed by atoms with Crippen LogP contribution in [0.3, 0.4) is 0 Å². The molecule has 118 valence electrons. The molecule has 1 amide bonds. The number of nitrogens with one attached hydrogen (secondary N) is 1. The first kappa shape index (κ1) is 17.6. The van der Waals surface area contributed by atoms with E-state index < -0.39 is 10.0 Å². The number of ether oxygens (including phenoxy) is 1. The van der Waals surface area contributed by atoms with Gasteiger partial charge in [0.25, 0.3) is 0 Å². The number of benzene rings is 1. The van der Waals surface area contributed by atoms with Crippen LogP contribution in [0.1, 0.15) is 31.9 Å². The van der Waals surface area contributed by atoms with Crippen LogP contribution >= 0.6 is 0 Å². The number of rotatable bonds is 7. The van der Waals surface area contributed by atoms with Gasteiger partial charge >= 0.3 is 0 Å². The molecule has 0 aromatic heterocycles. The Kier molecular flexibility index (Phi) is 6.32. The molecule has 0 aliphatic carbocycles. The summed E-state index contributed by atoms with van der Waals surface area (Å²) >= 11 is 0. The zero-order valence-electron chi connectivity index (χ0n) is 12.6. The fourth-order valence-corrected chi connectivity index (χ4v) is 2.60. The van der Waals surface area contributed by atoms with E-state index in [-0.39, 0.29) is 17.4 Å². The van der Waals surface area contributed by atoms with Gasteiger partial charge in [0, 0.05) is 12.3 Å². The minimum absolute atomic E-state index is 0.0280. The molecule has 0 fully saturated rings. The molecule has 0 unspecified atom stereocenters. The first-order valence-electron chi connectivity index (χ1n) is 6.89. The molecule has 0 aliphatic heterocycles. The number of amides is 1. The van der Waals surface area contributed by atoms with E-state index in [2.05, 4.69) is 5.32 Å². The Hall–Kier alpha value is -1.44. The molecule has 0 aliphatic rings. The lowest BCUT2D eigenvalue weighted by atomic mass is 10.0. The van der Waals surface area contributed by atoms with Crippen molar-refractivity contribution in [2.45, 2.75) is 38.5 Å². The average molecular weight is 314 g/mol. The average Bonchev–Trinajstić information content (AvgIpc) is 2.43. The molecule has 0 bridgehead atoms. The van der Waals surface area contributed by atoms with Gasteiger partial charge in [0.05, 0.1) is 4.90 Å². The second-order valence-electron chi connectivity index (χ2n) is 4.55. The predicted octanol–water partition coefficient (Wildman–Crippen LogP) is 1.43. The Bertz CT molecular complexity index is 586. The van der Waals surface area contributed by atoms with E-state index in [1.807, 2.05) is 20.8 Å². The summed E-state index contributed by atoms with van der Waals surface area (Å²) in [6.45, 7) is 6.02. The Morgan fingerprint density at radius 1 is 1.19 bits per heavy atom. The number of primary sulfonamides is 1. The molecule has 0 spiro atoms. The van der Waals surface area contributed by atoms with E-state index in [0.29, 0.717) is 25.1 Å². The van der Waals surface area contributed by atoms with Crippen molar-refractivity contribution in [1.82, 2.24) is 0 Å². The van der Waals surface area contributed by atoms with E-state index in [0.717, 1.165) is 11.1 Å². The zero-order chi connectivity index (χ0) is 16.0. The molecular formula is C14H22N2O4S. The van der Waals surface area contributed by atoms with E-state index in [1.54, 1.807) is 0 Å². The van der Waals surface area contributed by atoms with Crippen LogP contribution in [0.5, 0.6) is 0 Å². The van der Waals surface area contributed by atoms with Gasteiger partial charge in [-0.05, 0) is 43.0 Å². The normalized spacial score (nSPS) is 11.4. The lowest BCUT2D eigenvalue weighted by molar-refractivity contribution is -0.120. The van der Waals surface area contributed by atoms with Crippen molar-refractivity contribution in [3.8, 4) is 0 Å². The number of carbonyl (C=O) groups excluding carboxylic acids is 1. The summed E-state index contributed by atoms with van der Waals surface area (Å²) in [4.78, 5) is 11.9. The van der Waals surface area contributed by atoms with Gasteiger partial charge in [0.15, 0.2) is 0 Å². The molecule has 1 rings (SSSR count). The second kappa shape index (κ2) is 7.53. The molecular weight excluding hydrogens is 292 g/mol. The lowest BCUT2D eigenvalue weighted by Gasteiger charge is -2.16. The number of nitrogens with two attached hydrogens (primary N) is 1. The van der Waals surface area contributed by atoms with Gasteiger partial charge in [-0.1, -0.05) is 13.8 Å². The van der Waals surface area contributed by atoms with Gasteiger partial charge in [-0.25, -0.2) is 13.6 Å². The van der Waals surface area contributed by atoms with Crippen molar-refractivity contribution in [3.63, 3.8) is 0 Å². The molecule has 6 nitrogen and oxygen atoms in total. The van der Waals surface area contributed by atoms with Gasteiger partial charge in [-0.3, -0.25) is 4.79 Å². The van der Waals surface area contributed by atoms with Crippen LogP contribution in [0.25, 0.3) is 0 Å². The maximum Gasteiger partial charge on any atom is 0.250 e. The molecule has 0 heterocycles. The van der Waals surface area contributed by atoms with Crippen molar-refractivity contribution in [2.24, 2.45) is 5.14 Å². The van der Waals surface area contributed by atoms with Crippen molar-refractivity contribution in [1.29, 1.82) is 0 Å². The number of hydrogen-bond acceptors (Lipinski definition) is 4. The highest BCUT2D eigenvalue weighted by Gasteiger charge is 2.16. The topological polar surface area (TPSA) is 98.5 Å². The Labute approximate surface area is 125 Å². The van der Waals surface area contributed by atoms with Crippen LogP contribution in [0.4, 0.5) is 5.69 Å². The Morgan fingerprint density at radius 3 is 2.10 bits per heavy atom. The molecule has 0 radical (unpaired) electrons. The Morgan fingerprint density at radius 2 is 1.71 bits per heavy atom. The minimum atomic E-state index is -3.76. The SMILES string of the molecule is CCOCC(=O)Nc1c(CC)cc(S(N)(=O)=O)cc1CC. The smallest absolute Gasteiger partial charge is 0.250 e. The van der Waals surface area contributed by atoms with Crippen LogP contribution < -0.4 is 10.5 Å². The first-order valence-corrected chi connectivity index (χ1v) is 8.44. The van der Waals surface area contributed by atoms with Gasteiger partial charge in [-0.15, -0.1) is 0 Å². The first-order chi connectivity index (χ1) is 9.83. The highest BCUT2D eigenvalue weighted by atomic mass is 32.2. The summed E-state index contributed by atoms with van der Waals surface area (Å²) in [5, 5.41) is 7.98. The predicted molar refractivity (Wildman–Crippen MR) is 81.7 cm³/mol. The molecule has 0 atom stereocenters. The third kappa shape index (κ3) is 4.80. The molecule has 0 saturated heterocycles. The van der Waals surface area contributed by atoms with Crippen molar-refractivity contribution >= 4 is 21.6 Å². The zero-order valence-corrected chi connectivity index (χ0v) is 13.4. The minimum Gasteiger partial charge on any atom is -0.372 e. The summed E-state index contributed by atoms with van der Waals surface area (Å²) in [7, 11) is -3.76. The van der Waals surface area contributed by atoms with Crippen LogP contribution in [0, 0.1) is 0 Å². The van der Waals surface area contributed by atoms with Crippen LogP contribution in [0.15, 0.2) is 17.0 Å². The maximum absolute atomic E-state index is 11.8. The van der Waals surface area contributed by atoms with E-state index >= 15 is 0 Å². The quantitative estimate of drug-likeness (QED) is 0.795. The van der Waals surface area contributed by atoms with E-state index in [9.17, 15) is 13.2 Å². The maximum atomic E-state index is 11.8. The highest BCUT2D eigenvalue weighted by molar-refractivity contribution is 7.89. The summed E-state index contributed by atoms with van der Waals surface area (Å²) in [6, 6.07) is 3.01. The van der Waals surface area contributed by atoms with E-state index in [1.165, 1.54) is 12.1 Å². The number of hydrogen-bond donors (Lipinski definition) is 2. The third-order valence-corrected chi connectivity index (χ3v) is 3.96. The van der Waals surface area contributed by atoms with Crippen molar-refractivity contribution in [2.75, 3.05) is 18.5 Å². The number of aryl methyl sites for hydroxylation is 2. The van der Waals surface area contributed by atoms with Crippen molar-refractivity contribution < 1.29 is 17.9 Å². The van der Waals surface area contributed by atoms with Crippen LogP contribution in [-0.2, 0) is 32.4 Å². The molecule has 0 saturated carbocycles. The van der Waals surface area contributed by atoms with Crippen LogP contribution in [0.2, 0.25) is 0 Å². The van der Waals surface area contributed by atoms with Crippen molar-refractivity contribution in [3.05, 3.63) is 23.3 Å². The summed E-state index contributed by atoms with van der Waals surface area (Å²) < 4.78 is 28.1. The highest BCUT2D eigenvalue weighted by Crippen LogP contribution is 2.26. The molecule has 1 aromatic carbocycles. The number of anilines is 1. The van der Waals surface area contributed by atoms with Gasteiger partial charge in [0.2, 0.25) is 15.9 Å². The van der Waals surface area contributed by atoms with Gasteiger partial charge < -0.3 is 10.1 Å².